The molecule has 1 aromatic carbocycles. The number of pyridine rings is 1. The Hall–Kier alpha value is -3.82. The van der Waals surface area contributed by atoms with Crippen molar-refractivity contribution in [3.05, 3.63) is 77.4 Å². The highest BCUT2D eigenvalue weighted by atomic mass is 19.2. The Morgan fingerprint density at radius 2 is 1.93 bits per heavy atom. The predicted molar refractivity (Wildman–Crippen MR) is 102 cm³/mol. The second-order valence-electron chi connectivity index (χ2n) is 6.68. The number of alkyl halides is 1. The first-order valence-electron chi connectivity index (χ1n) is 8.80. The van der Waals surface area contributed by atoms with Crippen molar-refractivity contribution in [2.45, 2.75) is 12.2 Å². The third-order valence-electron chi connectivity index (χ3n) is 4.93. The van der Waals surface area contributed by atoms with Crippen LogP contribution >= 0.6 is 0 Å². The van der Waals surface area contributed by atoms with Crippen molar-refractivity contribution >= 4 is 11.9 Å². The molecule has 10 heteroatoms. The van der Waals surface area contributed by atoms with Gasteiger partial charge in [0.15, 0.2) is 17.6 Å². The van der Waals surface area contributed by atoms with E-state index in [1.54, 1.807) is 0 Å². The van der Waals surface area contributed by atoms with Crippen molar-refractivity contribution in [3.8, 4) is 11.1 Å². The molecular formula is C20H15F3N6O. The zero-order valence-electron chi connectivity index (χ0n) is 15.7. The van der Waals surface area contributed by atoms with Crippen LogP contribution in [0.25, 0.3) is 11.1 Å². The van der Waals surface area contributed by atoms with Crippen LogP contribution < -0.4 is 5.73 Å². The number of halogens is 3. The summed E-state index contributed by atoms with van der Waals surface area (Å²) in [6.07, 6.45) is 3.90. The molecule has 1 unspecified atom stereocenters. The Bertz CT molecular complexity index is 1170. The van der Waals surface area contributed by atoms with Crippen LogP contribution in [0.5, 0.6) is 0 Å². The van der Waals surface area contributed by atoms with E-state index in [9.17, 15) is 18.0 Å². The summed E-state index contributed by atoms with van der Waals surface area (Å²) in [5.74, 6) is -3.09. The molecule has 30 heavy (non-hydrogen) atoms. The molecule has 0 bridgehead atoms. The summed E-state index contributed by atoms with van der Waals surface area (Å²) >= 11 is 0. The van der Waals surface area contributed by atoms with E-state index in [0.717, 1.165) is 11.0 Å². The van der Waals surface area contributed by atoms with Crippen LogP contribution in [-0.2, 0) is 17.0 Å². The maximum atomic E-state index is 14.6. The molecule has 1 amide bonds. The van der Waals surface area contributed by atoms with Gasteiger partial charge in [0.2, 0.25) is 5.54 Å². The Kier molecular flexibility index (Phi) is 4.69. The highest BCUT2D eigenvalue weighted by Crippen LogP contribution is 2.41. The lowest BCUT2D eigenvalue weighted by Crippen LogP contribution is -2.41. The van der Waals surface area contributed by atoms with Crippen molar-refractivity contribution in [1.82, 2.24) is 20.1 Å². The zero-order valence-corrected chi connectivity index (χ0v) is 15.7. The number of likely N-dealkylation sites (N-methyl/N-ethyl adjacent to an activating group) is 1. The van der Waals surface area contributed by atoms with Gasteiger partial charge in [-0.05, 0) is 41.5 Å². The quantitative estimate of drug-likeness (QED) is 0.709. The number of benzene rings is 1. The molecule has 0 fully saturated rings. The van der Waals surface area contributed by atoms with Crippen LogP contribution in [-0.4, -0.2) is 39.0 Å². The van der Waals surface area contributed by atoms with Gasteiger partial charge < -0.3 is 5.73 Å². The summed E-state index contributed by atoms with van der Waals surface area (Å²) in [5.41, 5.74) is 4.37. The van der Waals surface area contributed by atoms with Gasteiger partial charge in [0.25, 0.3) is 5.91 Å². The van der Waals surface area contributed by atoms with Crippen LogP contribution in [0, 0.1) is 11.6 Å². The molecule has 0 spiro atoms. The van der Waals surface area contributed by atoms with Gasteiger partial charge in [-0.1, -0.05) is 0 Å². The molecule has 0 radical (unpaired) electrons. The molecule has 152 valence electrons. The van der Waals surface area contributed by atoms with E-state index in [1.165, 1.54) is 49.9 Å². The molecule has 2 aromatic heterocycles. The molecule has 2 N–H and O–H groups in total. The minimum atomic E-state index is -1.90. The Morgan fingerprint density at radius 1 is 1.13 bits per heavy atom. The molecule has 7 nitrogen and oxygen atoms in total. The molecule has 0 saturated heterocycles. The number of nitrogens with two attached hydrogens (primary N) is 1. The van der Waals surface area contributed by atoms with Gasteiger partial charge in [-0.15, -0.1) is 0 Å². The average molecular weight is 412 g/mol. The molecule has 0 saturated carbocycles. The second kappa shape index (κ2) is 7.21. The maximum absolute atomic E-state index is 14.6. The monoisotopic (exact) mass is 412 g/mol. The van der Waals surface area contributed by atoms with E-state index in [-0.39, 0.29) is 33.9 Å². The number of amides is 1. The van der Waals surface area contributed by atoms with Crippen molar-refractivity contribution in [2.75, 3.05) is 7.05 Å². The molecule has 1 aliphatic rings. The topological polar surface area (TPSA) is 97.4 Å². The predicted octanol–water partition coefficient (Wildman–Crippen LogP) is 2.32. The fourth-order valence-corrected chi connectivity index (χ4v) is 3.36. The molecule has 1 aliphatic heterocycles. The lowest BCUT2D eigenvalue weighted by molar-refractivity contribution is -0.129. The van der Waals surface area contributed by atoms with Gasteiger partial charge in [0.05, 0.1) is 18.1 Å². The lowest BCUT2D eigenvalue weighted by Gasteiger charge is -2.26. The smallest absolute Gasteiger partial charge is 0.267 e. The zero-order chi connectivity index (χ0) is 21.5. The summed E-state index contributed by atoms with van der Waals surface area (Å²) in [6, 6.07) is 6.39. The third kappa shape index (κ3) is 2.88. The van der Waals surface area contributed by atoms with E-state index in [1.807, 2.05) is 0 Å². The number of guanidine groups is 1. The van der Waals surface area contributed by atoms with Crippen molar-refractivity contribution < 1.29 is 18.0 Å². The molecule has 1 atom stereocenters. The van der Waals surface area contributed by atoms with Crippen LogP contribution in [0.3, 0.4) is 0 Å². The van der Waals surface area contributed by atoms with Gasteiger partial charge >= 0.3 is 0 Å². The number of hydrogen-bond acceptors (Lipinski definition) is 6. The lowest BCUT2D eigenvalue weighted by atomic mass is 9.84. The largest absolute Gasteiger partial charge is 0.369 e. The number of carbonyl (C=O) groups is 1. The van der Waals surface area contributed by atoms with Gasteiger partial charge in [-0.3, -0.25) is 14.7 Å². The first-order valence-corrected chi connectivity index (χ1v) is 8.80. The minimum Gasteiger partial charge on any atom is -0.369 e. The maximum Gasteiger partial charge on any atom is 0.267 e. The van der Waals surface area contributed by atoms with Crippen LogP contribution in [0.4, 0.5) is 13.2 Å². The molecular weight excluding hydrogens is 397 g/mol. The van der Waals surface area contributed by atoms with E-state index in [4.69, 9.17) is 5.73 Å². The highest BCUT2D eigenvalue weighted by Gasteiger charge is 2.51. The summed E-state index contributed by atoms with van der Waals surface area (Å²) in [7, 11) is 1.40. The van der Waals surface area contributed by atoms with Crippen LogP contribution in [0.2, 0.25) is 0 Å². The fraction of sp³-hybridized carbons (Fsp3) is 0.150. The first kappa shape index (κ1) is 19.5. The molecule has 3 aromatic rings. The SMILES string of the molecule is CN1C(=O)C(c2cc(F)c(F)c(-c3ccnnc3)c2)(c2cc(CF)ccn2)N=C1N. The van der Waals surface area contributed by atoms with Gasteiger partial charge in [0.1, 0.15) is 6.67 Å². The number of aliphatic imine (C=N–C) groups is 1. The average Bonchev–Trinajstić information content (AvgIpc) is 3.01. The number of rotatable bonds is 4. The minimum absolute atomic E-state index is 0.00554. The normalized spacial score (nSPS) is 18.6. The molecule has 3 heterocycles. The Morgan fingerprint density at radius 3 is 2.57 bits per heavy atom. The fourth-order valence-electron chi connectivity index (χ4n) is 3.36. The Labute approximate surface area is 169 Å². The van der Waals surface area contributed by atoms with Crippen LogP contribution in [0.1, 0.15) is 16.8 Å². The number of carbonyl (C=O) groups excluding carboxylic acids is 1. The first-order chi connectivity index (χ1) is 14.4. The second-order valence-corrected chi connectivity index (χ2v) is 6.68. The summed E-state index contributed by atoms with van der Waals surface area (Å²) < 4.78 is 42.5. The summed E-state index contributed by atoms with van der Waals surface area (Å²) in [6.45, 7) is -0.805. The van der Waals surface area contributed by atoms with E-state index in [0.29, 0.717) is 0 Å². The number of hydrogen-bond donors (Lipinski definition) is 1. The van der Waals surface area contributed by atoms with E-state index >= 15 is 0 Å². The number of aromatic nitrogens is 3. The molecule has 4 rings (SSSR count). The molecule has 0 aliphatic carbocycles. The summed E-state index contributed by atoms with van der Waals surface area (Å²) in [5, 5.41) is 7.30. The van der Waals surface area contributed by atoms with Crippen molar-refractivity contribution in [3.63, 3.8) is 0 Å². The van der Waals surface area contributed by atoms with Crippen LogP contribution in [0.15, 0.2) is 53.9 Å². The van der Waals surface area contributed by atoms with Gasteiger partial charge in [0, 0.05) is 24.4 Å². The highest BCUT2D eigenvalue weighted by molar-refractivity contribution is 6.08. The van der Waals surface area contributed by atoms with E-state index in [2.05, 4.69) is 20.2 Å². The summed E-state index contributed by atoms with van der Waals surface area (Å²) in [4.78, 5) is 22.8. The van der Waals surface area contributed by atoms with Gasteiger partial charge in [-0.25, -0.2) is 18.2 Å². The standard InChI is InChI=1S/C20H15F3N6O/c1-29-18(30)20(28-19(29)24,16-6-11(9-21)2-4-25-16)13-7-14(17(23)15(22)8-13)12-3-5-26-27-10-12/h2-8,10H,9H2,1H3,(H2,24,28). The Balaban J connectivity index is 2.02. The van der Waals surface area contributed by atoms with Gasteiger partial charge in [-0.2, -0.15) is 10.2 Å². The van der Waals surface area contributed by atoms with Crippen molar-refractivity contribution in [2.24, 2.45) is 10.7 Å². The van der Waals surface area contributed by atoms with E-state index < -0.39 is 29.8 Å². The number of nitrogens with zero attached hydrogens (tertiary/aromatic N) is 5. The van der Waals surface area contributed by atoms with Crippen molar-refractivity contribution in [1.29, 1.82) is 0 Å². The third-order valence-corrected chi connectivity index (χ3v) is 4.93.